The summed E-state index contributed by atoms with van der Waals surface area (Å²) in [4.78, 5) is 27.9. The lowest BCUT2D eigenvalue weighted by Crippen LogP contribution is -2.35. The number of carbonyl (C=O) groups is 1. The Hall–Kier alpha value is -3.21. The van der Waals surface area contributed by atoms with Crippen LogP contribution in [0.5, 0.6) is 0 Å². The number of rotatable bonds is 3. The van der Waals surface area contributed by atoms with Crippen molar-refractivity contribution in [1.29, 1.82) is 5.26 Å². The van der Waals surface area contributed by atoms with Crippen LogP contribution in [0, 0.1) is 17.1 Å². The molecule has 0 atom stereocenters. The molecule has 1 aliphatic rings. The molecule has 31 heavy (non-hydrogen) atoms. The number of hydrogen-bond donors (Lipinski definition) is 0. The molecule has 2 heterocycles. The molecule has 0 N–H and O–H groups in total. The van der Waals surface area contributed by atoms with Crippen LogP contribution in [0.3, 0.4) is 0 Å². The Morgan fingerprint density at radius 1 is 1.13 bits per heavy atom. The minimum Gasteiger partial charge on any atom is -0.338 e. The van der Waals surface area contributed by atoms with Gasteiger partial charge in [-0.3, -0.25) is 14.2 Å². The van der Waals surface area contributed by atoms with Gasteiger partial charge in [0.15, 0.2) is 5.57 Å². The lowest BCUT2D eigenvalue weighted by molar-refractivity contribution is -0.123. The molecule has 1 fully saturated rings. The maximum atomic E-state index is 14.6. The summed E-state index contributed by atoms with van der Waals surface area (Å²) in [7, 11) is 0. The van der Waals surface area contributed by atoms with E-state index in [1.807, 2.05) is 6.07 Å². The minimum absolute atomic E-state index is 0.0143. The third kappa shape index (κ3) is 4.05. The molecule has 8 heteroatoms. The normalized spacial score (nSPS) is 15.1. The second-order valence-electron chi connectivity index (χ2n) is 7.02. The van der Waals surface area contributed by atoms with Gasteiger partial charge in [0.05, 0.1) is 10.2 Å². The Morgan fingerprint density at radius 2 is 1.81 bits per heavy atom. The van der Waals surface area contributed by atoms with Gasteiger partial charge in [0.2, 0.25) is 0 Å². The van der Waals surface area contributed by atoms with Crippen molar-refractivity contribution in [2.75, 3.05) is 13.1 Å². The van der Waals surface area contributed by atoms with Gasteiger partial charge >= 0.3 is 0 Å². The number of likely N-dealkylation sites (tertiary alicyclic amines) is 1. The molecule has 0 spiro atoms. The Bertz CT molecular complexity index is 1380. The van der Waals surface area contributed by atoms with Crippen molar-refractivity contribution in [1.82, 2.24) is 9.47 Å². The fourth-order valence-electron chi connectivity index (χ4n) is 3.50. The van der Waals surface area contributed by atoms with Crippen LogP contribution in [-0.2, 0) is 4.79 Å². The van der Waals surface area contributed by atoms with E-state index in [-0.39, 0.29) is 20.5 Å². The summed E-state index contributed by atoms with van der Waals surface area (Å²) in [6.45, 7) is 1.11. The molecule has 1 amide bonds. The van der Waals surface area contributed by atoms with E-state index < -0.39 is 17.3 Å². The number of nitriles is 1. The largest absolute Gasteiger partial charge is 0.338 e. The third-order valence-electron chi connectivity index (χ3n) is 5.04. The molecule has 1 aliphatic heterocycles. The van der Waals surface area contributed by atoms with Crippen LogP contribution in [0.4, 0.5) is 4.39 Å². The van der Waals surface area contributed by atoms with Gasteiger partial charge in [-0.1, -0.05) is 41.9 Å². The first-order valence-corrected chi connectivity index (χ1v) is 10.9. The van der Waals surface area contributed by atoms with E-state index >= 15 is 0 Å². The Labute approximate surface area is 186 Å². The molecule has 4 rings (SSSR count). The minimum atomic E-state index is -0.626. The fourth-order valence-corrected chi connectivity index (χ4v) is 4.77. The highest BCUT2D eigenvalue weighted by molar-refractivity contribution is 7.07. The average Bonchev–Trinajstić information content (AvgIpc) is 3.40. The zero-order chi connectivity index (χ0) is 22.0. The number of nitrogens with zero attached hydrogens (tertiary/aromatic N) is 3. The van der Waals surface area contributed by atoms with Crippen LogP contribution in [0.15, 0.2) is 53.3 Å². The van der Waals surface area contributed by atoms with E-state index in [1.165, 1.54) is 18.2 Å². The number of para-hydroxylation sites is 1. The van der Waals surface area contributed by atoms with Gasteiger partial charge in [-0.05, 0) is 42.7 Å². The molecule has 0 aliphatic carbocycles. The summed E-state index contributed by atoms with van der Waals surface area (Å²) in [6.07, 6.45) is 3.31. The molecule has 0 unspecified atom stereocenters. The van der Waals surface area contributed by atoms with Crippen molar-refractivity contribution >= 4 is 40.5 Å². The SMILES string of the molecule is N#C/C(C(=O)N1CCCC1)=c1/s/c(=C\c2ccccc2Cl)c(=O)n1-c1ccccc1F. The van der Waals surface area contributed by atoms with E-state index in [0.29, 0.717) is 23.7 Å². The number of thiazole rings is 1. The van der Waals surface area contributed by atoms with Gasteiger partial charge in [0.1, 0.15) is 16.5 Å². The maximum absolute atomic E-state index is 14.6. The van der Waals surface area contributed by atoms with E-state index in [2.05, 4.69) is 0 Å². The summed E-state index contributed by atoms with van der Waals surface area (Å²) >= 11 is 7.20. The summed E-state index contributed by atoms with van der Waals surface area (Å²) < 4.78 is 16.1. The predicted molar refractivity (Wildman–Crippen MR) is 119 cm³/mol. The Balaban J connectivity index is 2.06. The van der Waals surface area contributed by atoms with Crippen molar-refractivity contribution < 1.29 is 9.18 Å². The van der Waals surface area contributed by atoms with Gasteiger partial charge in [-0.2, -0.15) is 5.26 Å². The highest BCUT2D eigenvalue weighted by Crippen LogP contribution is 2.16. The van der Waals surface area contributed by atoms with E-state index in [4.69, 9.17) is 11.6 Å². The number of hydrogen-bond acceptors (Lipinski definition) is 4. The molecule has 1 aromatic heterocycles. The number of halogens is 2. The summed E-state index contributed by atoms with van der Waals surface area (Å²) in [5, 5.41) is 10.3. The van der Waals surface area contributed by atoms with Crippen LogP contribution in [-0.4, -0.2) is 28.5 Å². The monoisotopic (exact) mass is 453 g/mol. The second kappa shape index (κ2) is 8.88. The van der Waals surface area contributed by atoms with Crippen LogP contribution in [0.2, 0.25) is 5.02 Å². The highest BCUT2D eigenvalue weighted by Gasteiger charge is 2.25. The quantitative estimate of drug-likeness (QED) is 0.612. The zero-order valence-corrected chi connectivity index (χ0v) is 17.9. The molecule has 5 nitrogen and oxygen atoms in total. The highest BCUT2D eigenvalue weighted by atomic mass is 35.5. The molecule has 0 saturated carbocycles. The van der Waals surface area contributed by atoms with Crippen molar-refractivity contribution in [3.8, 4) is 11.8 Å². The maximum Gasteiger partial charge on any atom is 0.273 e. The van der Waals surface area contributed by atoms with Gasteiger partial charge in [0, 0.05) is 18.1 Å². The first-order valence-electron chi connectivity index (χ1n) is 9.68. The molecule has 0 radical (unpaired) electrons. The van der Waals surface area contributed by atoms with Gasteiger partial charge in [0.25, 0.3) is 11.5 Å². The summed E-state index contributed by atoms with van der Waals surface area (Å²) in [5.74, 6) is -1.07. The molecular formula is C23H17ClFN3O2S. The zero-order valence-electron chi connectivity index (χ0n) is 16.3. The van der Waals surface area contributed by atoms with Gasteiger partial charge in [-0.15, -0.1) is 11.3 Å². The molecule has 0 bridgehead atoms. The van der Waals surface area contributed by atoms with Crippen molar-refractivity contribution in [2.24, 2.45) is 0 Å². The first kappa shape index (κ1) is 21.0. The lowest BCUT2D eigenvalue weighted by Gasteiger charge is -2.14. The van der Waals surface area contributed by atoms with Gasteiger partial charge in [-0.25, -0.2) is 4.39 Å². The van der Waals surface area contributed by atoms with E-state index in [1.54, 1.807) is 41.3 Å². The predicted octanol–water partition coefficient (Wildman–Crippen LogP) is 2.82. The van der Waals surface area contributed by atoms with Crippen LogP contribution >= 0.6 is 22.9 Å². The smallest absolute Gasteiger partial charge is 0.273 e. The number of carbonyl (C=O) groups excluding carboxylic acids is 1. The van der Waals surface area contributed by atoms with E-state index in [0.717, 1.165) is 28.7 Å². The Kier molecular flexibility index (Phi) is 6.03. The number of aromatic nitrogens is 1. The molecule has 1 saturated heterocycles. The van der Waals surface area contributed by atoms with Crippen LogP contribution < -0.4 is 14.8 Å². The standard InChI is InChI=1S/C23H17ClFN3O2S/c24-17-8-2-1-7-15(17)13-20-22(30)28(19-10-4-3-9-18(19)25)23(31-20)16(14-26)21(29)27-11-5-6-12-27/h1-4,7-10,13H,5-6,11-12H2/b20-13-,23-16-. The molecule has 156 valence electrons. The first-order chi connectivity index (χ1) is 15.0. The topological polar surface area (TPSA) is 66.1 Å². The van der Waals surface area contributed by atoms with Crippen LogP contribution in [0.1, 0.15) is 18.4 Å². The second-order valence-corrected chi connectivity index (χ2v) is 8.45. The third-order valence-corrected chi connectivity index (χ3v) is 6.48. The molecule has 3 aromatic rings. The number of amides is 1. The Morgan fingerprint density at radius 3 is 2.48 bits per heavy atom. The fraction of sp³-hybridized carbons (Fsp3) is 0.174. The van der Waals surface area contributed by atoms with Crippen molar-refractivity contribution in [2.45, 2.75) is 12.8 Å². The summed E-state index contributed by atoms with van der Waals surface area (Å²) in [5.41, 5.74) is -0.100. The number of benzene rings is 2. The average molecular weight is 454 g/mol. The van der Waals surface area contributed by atoms with E-state index in [9.17, 15) is 19.2 Å². The molecule has 2 aromatic carbocycles. The summed E-state index contributed by atoms with van der Waals surface area (Å²) in [6, 6.07) is 14.7. The van der Waals surface area contributed by atoms with Gasteiger partial charge < -0.3 is 4.90 Å². The van der Waals surface area contributed by atoms with Crippen molar-refractivity contribution in [3.05, 3.63) is 84.5 Å². The van der Waals surface area contributed by atoms with Crippen LogP contribution in [0.25, 0.3) is 17.3 Å². The lowest BCUT2D eigenvalue weighted by atomic mass is 10.2. The molecular weight excluding hydrogens is 437 g/mol. The van der Waals surface area contributed by atoms with Crippen molar-refractivity contribution in [3.63, 3.8) is 0 Å².